The van der Waals surface area contributed by atoms with Gasteiger partial charge in [-0.15, -0.1) is 0 Å². The summed E-state index contributed by atoms with van der Waals surface area (Å²) < 4.78 is 4.89. The van der Waals surface area contributed by atoms with E-state index in [9.17, 15) is 9.59 Å². The molecule has 0 aromatic heterocycles. The Morgan fingerprint density at radius 1 is 1.29 bits per heavy atom. The van der Waals surface area contributed by atoms with Crippen LogP contribution < -0.4 is 10.2 Å². The van der Waals surface area contributed by atoms with Crippen LogP contribution in [-0.4, -0.2) is 25.2 Å². The number of allylic oxidation sites excluding steroid dienone is 4. The lowest BCUT2D eigenvalue weighted by Gasteiger charge is -2.13. The van der Waals surface area contributed by atoms with Crippen molar-refractivity contribution in [2.24, 2.45) is 0 Å². The summed E-state index contributed by atoms with van der Waals surface area (Å²) in [6.45, 7) is 10.4. The Morgan fingerprint density at radius 3 is 2.46 bits per heavy atom. The minimum absolute atomic E-state index is 0.221. The fourth-order valence-electron chi connectivity index (χ4n) is 2.07. The molecule has 1 aliphatic rings. The summed E-state index contributed by atoms with van der Waals surface area (Å²) in [5, 5.41) is 2.79. The van der Waals surface area contributed by atoms with E-state index < -0.39 is 0 Å². The van der Waals surface area contributed by atoms with Crippen molar-refractivity contribution in [1.29, 1.82) is 0 Å². The summed E-state index contributed by atoms with van der Waals surface area (Å²) in [6.07, 6.45) is 6.58. The largest absolute Gasteiger partial charge is 0.447 e. The Morgan fingerprint density at radius 2 is 1.96 bits per heavy atom. The third-order valence-electron chi connectivity index (χ3n) is 3.10. The number of rotatable bonds is 5. The Bertz CT molecular complexity index is 631. The highest BCUT2D eigenvalue weighted by Crippen LogP contribution is 2.19. The topological polar surface area (TPSA) is 58.6 Å². The van der Waals surface area contributed by atoms with Gasteiger partial charge in [0.25, 0.3) is 5.91 Å². The molecule has 1 aromatic carbocycles. The molecule has 128 valence electrons. The number of amides is 2. The van der Waals surface area contributed by atoms with Crippen LogP contribution in [-0.2, 0) is 4.74 Å². The molecule has 1 fully saturated rings. The molecule has 1 saturated heterocycles. The maximum Gasteiger partial charge on any atom is 0.414 e. The van der Waals surface area contributed by atoms with E-state index in [1.54, 1.807) is 42.5 Å². The van der Waals surface area contributed by atoms with Gasteiger partial charge in [-0.1, -0.05) is 32.6 Å². The highest BCUT2D eigenvalue weighted by atomic mass is 16.6. The second-order valence-electron chi connectivity index (χ2n) is 4.62. The molecule has 0 bridgehead atoms. The molecule has 2 rings (SSSR count). The molecule has 1 aliphatic heterocycles. The molecule has 0 saturated carbocycles. The number of cyclic esters (lactones) is 1. The molecule has 0 spiro atoms. The normalized spacial score (nSPS) is 14.0. The minimum atomic E-state index is -0.360. The third kappa shape index (κ3) is 5.12. The highest BCUT2D eigenvalue weighted by molar-refractivity contribution is 5.96. The summed E-state index contributed by atoms with van der Waals surface area (Å²) in [4.78, 5) is 25.2. The van der Waals surface area contributed by atoms with Gasteiger partial charge in [-0.25, -0.2) is 4.79 Å². The fraction of sp³-hybridized carbons (Fsp3) is 0.263. The van der Waals surface area contributed by atoms with Gasteiger partial charge in [0, 0.05) is 16.9 Å². The summed E-state index contributed by atoms with van der Waals surface area (Å²) in [7, 11) is 0. The maximum atomic E-state index is 12.2. The van der Waals surface area contributed by atoms with E-state index in [0.29, 0.717) is 24.4 Å². The first-order valence-corrected chi connectivity index (χ1v) is 7.97. The van der Waals surface area contributed by atoms with Gasteiger partial charge in [0.2, 0.25) is 0 Å². The predicted octanol–water partition coefficient (Wildman–Crippen LogP) is 4.05. The summed E-state index contributed by atoms with van der Waals surface area (Å²) in [6, 6.07) is 6.82. The number of nitrogens with one attached hydrogen (secondary N) is 1. The summed E-state index contributed by atoms with van der Waals surface area (Å²) >= 11 is 0. The lowest BCUT2D eigenvalue weighted by molar-refractivity contribution is 0.0967. The first-order valence-electron chi connectivity index (χ1n) is 7.97. The average molecular weight is 328 g/mol. The van der Waals surface area contributed by atoms with Crippen LogP contribution in [0.3, 0.4) is 0 Å². The van der Waals surface area contributed by atoms with Crippen LogP contribution in [0.5, 0.6) is 0 Å². The SMILES string of the molecule is C=C/C=C(\C=C/C)NC(=O)c1ccc(N2CCOC2=O)cc1.CC. The molecule has 0 unspecified atom stereocenters. The second-order valence-corrected chi connectivity index (χ2v) is 4.62. The molecule has 2 amide bonds. The molecular formula is C19H24N2O3. The van der Waals surface area contributed by atoms with Crippen molar-refractivity contribution < 1.29 is 14.3 Å². The van der Waals surface area contributed by atoms with Crippen LogP contribution in [0.4, 0.5) is 10.5 Å². The van der Waals surface area contributed by atoms with Crippen LogP contribution in [0.2, 0.25) is 0 Å². The summed E-state index contributed by atoms with van der Waals surface area (Å²) in [5.74, 6) is -0.221. The van der Waals surface area contributed by atoms with Crippen LogP contribution in [0.1, 0.15) is 31.1 Å². The van der Waals surface area contributed by atoms with E-state index in [0.717, 1.165) is 5.69 Å². The Labute approximate surface area is 143 Å². The number of hydrogen-bond donors (Lipinski definition) is 1. The molecule has 0 radical (unpaired) electrons. The predicted molar refractivity (Wildman–Crippen MR) is 97.0 cm³/mol. The molecule has 1 N–H and O–H groups in total. The Hall–Kier alpha value is -2.82. The molecule has 24 heavy (non-hydrogen) atoms. The zero-order valence-electron chi connectivity index (χ0n) is 14.4. The number of anilines is 1. The van der Waals surface area contributed by atoms with Crippen molar-refractivity contribution in [3.63, 3.8) is 0 Å². The first kappa shape index (κ1) is 19.2. The van der Waals surface area contributed by atoms with Crippen LogP contribution in [0, 0.1) is 0 Å². The monoisotopic (exact) mass is 328 g/mol. The van der Waals surface area contributed by atoms with Gasteiger partial charge < -0.3 is 10.1 Å². The van der Waals surface area contributed by atoms with Crippen molar-refractivity contribution in [2.75, 3.05) is 18.1 Å². The highest BCUT2D eigenvalue weighted by Gasteiger charge is 2.23. The number of nitrogens with zero attached hydrogens (tertiary/aromatic N) is 1. The molecule has 0 aliphatic carbocycles. The fourth-order valence-corrected chi connectivity index (χ4v) is 2.07. The lowest BCUT2D eigenvalue weighted by atomic mass is 10.1. The number of ether oxygens (including phenoxy) is 1. The molecule has 5 heteroatoms. The Kier molecular flexibility index (Phi) is 8.05. The van der Waals surface area contributed by atoms with Crippen LogP contribution in [0.25, 0.3) is 0 Å². The van der Waals surface area contributed by atoms with Crippen molar-refractivity contribution in [2.45, 2.75) is 20.8 Å². The van der Waals surface area contributed by atoms with Crippen molar-refractivity contribution >= 4 is 17.7 Å². The number of hydrogen-bond acceptors (Lipinski definition) is 3. The average Bonchev–Trinajstić information content (AvgIpc) is 3.03. The van der Waals surface area contributed by atoms with Gasteiger partial charge >= 0.3 is 6.09 Å². The van der Waals surface area contributed by atoms with Crippen LogP contribution >= 0.6 is 0 Å². The molecule has 5 nitrogen and oxygen atoms in total. The number of benzene rings is 1. The van der Waals surface area contributed by atoms with E-state index >= 15 is 0 Å². The van der Waals surface area contributed by atoms with Gasteiger partial charge in [-0.2, -0.15) is 0 Å². The standard InChI is InChI=1S/C17H18N2O3.C2H6/c1-3-5-14(6-4-2)18-16(20)13-7-9-15(10-8-13)19-11-12-22-17(19)21;1-2/h3-10H,1,11-12H2,2H3,(H,18,20);1-2H3/b6-4-,14-5+;. The van der Waals surface area contributed by atoms with Crippen molar-refractivity contribution in [3.05, 3.63) is 66.4 Å². The third-order valence-corrected chi connectivity index (χ3v) is 3.10. The lowest BCUT2D eigenvalue weighted by Crippen LogP contribution is -2.24. The van der Waals surface area contributed by atoms with Gasteiger partial charge in [-0.05, 0) is 43.3 Å². The smallest absolute Gasteiger partial charge is 0.414 e. The van der Waals surface area contributed by atoms with Crippen LogP contribution in [0.15, 0.2) is 60.8 Å². The summed E-state index contributed by atoms with van der Waals surface area (Å²) in [5.41, 5.74) is 1.89. The molecule has 0 atom stereocenters. The van der Waals surface area contributed by atoms with Gasteiger partial charge in [-0.3, -0.25) is 9.69 Å². The van der Waals surface area contributed by atoms with Gasteiger partial charge in [0.1, 0.15) is 6.61 Å². The zero-order chi connectivity index (χ0) is 17.9. The second kappa shape index (κ2) is 10.0. The van der Waals surface area contributed by atoms with E-state index in [1.165, 1.54) is 4.90 Å². The maximum absolute atomic E-state index is 12.2. The number of carbonyl (C=O) groups excluding carboxylic acids is 2. The first-order chi connectivity index (χ1) is 11.7. The van der Waals surface area contributed by atoms with E-state index in [4.69, 9.17) is 4.74 Å². The molecule has 1 aromatic rings. The Balaban J connectivity index is 0.00000139. The van der Waals surface area contributed by atoms with Crippen molar-refractivity contribution in [1.82, 2.24) is 5.32 Å². The quantitative estimate of drug-likeness (QED) is 0.830. The molecule has 1 heterocycles. The van der Waals surface area contributed by atoms with E-state index in [-0.39, 0.29) is 12.0 Å². The van der Waals surface area contributed by atoms with Gasteiger partial charge in [0.15, 0.2) is 0 Å². The van der Waals surface area contributed by atoms with Crippen molar-refractivity contribution in [3.8, 4) is 0 Å². The minimum Gasteiger partial charge on any atom is -0.447 e. The van der Waals surface area contributed by atoms with E-state index in [2.05, 4.69) is 11.9 Å². The van der Waals surface area contributed by atoms with E-state index in [1.807, 2.05) is 26.8 Å². The van der Waals surface area contributed by atoms with Gasteiger partial charge in [0.05, 0.1) is 6.54 Å². The number of carbonyl (C=O) groups is 2. The zero-order valence-corrected chi connectivity index (χ0v) is 14.4. The molecular weight excluding hydrogens is 304 g/mol.